The van der Waals surface area contributed by atoms with Gasteiger partial charge in [-0.25, -0.2) is 0 Å². The quantitative estimate of drug-likeness (QED) is 0.784. The highest BCUT2D eigenvalue weighted by Gasteiger charge is 2.29. The molecule has 2 saturated heterocycles. The maximum atomic E-state index is 6.25. The molecule has 0 aromatic heterocycles. The number of likely N-dealkylation sites (tertiary alicyclic amines) is 1. The van der Waals surface area contributed by atoms with Gasteiger partial charge >= 0.3 is 0 Å². The number of hydrogen-bond donors (Lipinski definition) is 0. The number of halogens is 2. The maximum absolute atomic E-state index is 6.25. The van der Waals surface area contributed by atoms with E-state index in [0.717, 1.165) is 29.7 Å². The van der Waals surface area contributed by atoms with Crippen LogP contribution in [0.1, 0.15) is 24.8 Å². The van der Waals surface area contributed by atoms with Gasteiger partial charge in [-0.05, 0) is 50.0 Å². The second-order valence-electron chi connectivity index (χ2n) is 5.54. The molecular formula is C15H20Cl2N2. The van der Waals surface area contributed by atoms with Crippen molar-refractivity contribution in [3.05, 3.63) is 28.8 Å². The van der Waals surface area contributed by atoms with Gasteiger partial charge in [-0.15, -0.1) is 11.6 Å². The minimum atomic E-state index is 0.482. The summed E-state index contributed by atoms with van der Waals surface area (Å²) in [5, 5.41) is 0.789. The smallest absolute Gasteiger partial charge is 0.0488 e. The number of alkyl halides is 1. The van der Waals surface area contributed by atoms with Crippen molar-refractivity contribution in [2.24, 2.45) is 0 Å². The zero-order valence-electron chi connectivity index (χ0n) is 11.1. The highest BCUT2D eigenvalue weighted by molar-refractivity contribution is 6.32. The summed E-state index contributed by atoms with van der Waals surface area (Å²) in [4.78, 5) is 5.10. The van der Waals surface area contributed by atoms with Gasteiger partial charge in [0.25, 0.3) is 0 Å². The van der Waals surface area contributed by atoms with Crippen molar-refractivity contribution in [3.63, 3.8) is 0 Å². The Hall–Kier alpha value is -0.440. The van der Waals surface area contributed by atoms with Crippen LogP contribution in [0.4, 0.5) is 5.69 Å². The minimum Gasteiger partial charge on any atom is -0.370 e. The van der Waals surface area contributed by atoms with Crippen molar-refractivity contribution in [2.45, 2.75) is 31.2 Å². The summed E-state index contributed by atoms with van der Waals surface area (Å²) >= 11 is 12.1. The number of anilines is 1. The molecule has 104 valence electrons. The predicted octanol–water partition coefficient (Wildman–Crippen LogP) is 3.75. The Kier molecular flexibility index (Phi) is 4.21. The topological polar surface area (TPSA) is 6.48 Å². The number of benzene rings is 1. The molecule has 3 rings (SSSR count). The third-order valence-electron chi connectivity index (χ3n) is 4.37. The van der Waals surface area contributed by atoms with Crippen molar-refractivity contribution in [2.75, 3.05) is 31.1 Å². The highest BCUT2D eigenvalue weighted by atomic mass is 35.5. The normalized spacial score (nSPS) is 24.3. The standard InChI is InChI=1S/C15H20Cl2N2/c16-10-12-3-4-13(9-15(12)17)19-8-5-14(11-19)18-6-1-2-7-18/h3-4,9,14H,1-2,5-8,10-11H2. The summed E-state index contributed by atoms with van der Waals surface area (Å²) in [5.74, 6) is 0.482. The van der Waals surface area contributed by atoms with Gasteiger partial charge in [-0.1, -0.05) is 17.7 Å². The Bertz CT molecular complexity index is 444. The fraction of sp³-hybridized carbons (Fsp3) is 0.600. The molecule has 0 radical (unpaired) electrons. The molecule has 0 spiro atoms. The second kappa shape index (κ2) is 5.90. The molecule has 4 heteroatoms. The first-order chi connectivity index (χ1) is 9.28. The van der Waals surface area contributed by atoms with Gasteiger partial charge in [0.1, 0.15) is 0 Å². The fourth-order valence-corrected chi connectivity index (χ4v) is 3.77. The summed E-state index contributed by atoms with van der Waals surface area (Å²) in [6.45, 7) is 4.84. The van der Waals surface area contributed by atoms with Crippen molar-refractivity contribution < 1.29 is 0 Å². The Morgan fingerprint density at radius 1 is 1.16 bits per heavy atom. The van der Waals surface area contributed by atoms with Crippen LogP contribution < -0.4 is 4.90 Å². The monoisotopic (exact) mass is 298 g/mol. The van der Waals surface area contributed by atoms with Crippen LogP contribution in [0.5, 0.6) is 0 Å². The van der Waals surface area contributed by atoms with Gasteiger partial charge in [0.05, 0.1) is 0 Å². The summed E-state index contributed by atoms with van der Waals surface area (Å²) in [6, 6.07) is 6.99. The van der Waals surface area contributed by atoms with Crippen LogP contribution in [0.2, 0.25) is 5.02 Å². The first-order valence-electron chi connectivity index (χ1n) is 7.11. The molecule has 0 amide bonds. The lowest BCUT2D eigenvalue weighted by Gasteiger charge is -2.24. The lowest BCUT2D eigenvalue weighted by molar-refractivity contribution is 0.260. The van der Waals surface area contributed by atoms with E-state index in [1.165, 1.54) is 38.0 Å². The van der Waals surface area contributed by atoms with E-state index >= 15 is 0 Å². The number of rotatable bonds is 3. The third kappa shape index (κ3) is 2.86. The van der Waals surface area contributed by atoms with E-state index in [1.807, 2.05) is 6.07 Å². The number of nitrogens with zero attached hydrogens (tertiary/aromatic N) is 2. The maximum Gasteiger partial charge on any atom is 0.0488 e. The van der Waals surface area contributed by atoms with Gasteiger partial charge in [0.15, 0.2) is 0 Å². The molecule has 2 heterocycles. The van der Waals surface area contributed by atoms with E-state index < -0.39 is 0 Å². The van der Waals surface area contributed by atoms with E-state index in [1.54, 1.807) is 0 Å². The van der Waals surface area contributed by atoms with E-state index in [2.05, 4.69) is 21.9 Å². The molecule has 0 N–H and O–H groups in total. The van der Waals surface area contributed by atoms with Crippen LogP contribution in [-0.2, 0) is 5.88 Å². The Morgan fingerprint density at radius 2 is 1.95 bits per heavy atom. The van der Waals surface area contributed by atoms with Crippen LogP contribution >= 0.6 is 23.2 Å². The summed E-state index contributed by atoms with van der Waals surface area (Å²) in [7, 11) is 0. The van der Waals surface area contributed by atoms with E-state index in [0.29, 0.717) is 5.88 Å². The number of hydrogen-bond acceptors (Lipinski definition) is 2. The summed E-state index contributed by atoms with van der Waals surface area (Å²) in [5.41, 5.74) is 2.25. The van der Waals surface area contributed by atoms with Gasteiger partial charge in [0, 0.05) is 35.7 Å². The molecule has 1 unspecified atom stereocenters. The average molecular weight is 299 g/mol. The Labute approximate surface area is 125 Å². The predicted molar refractivity (Wildman–Crippen MR) is 82.4 cm³/mol. The van der Waals surface area contributed by atoms with Crippen molar-refractivity contribution in [1.29, 1.82) is 0 Å². The molecule has 2 aliphatic rings. The average Bonchev–Trinajstić information content (AvgIpc) is 3.09. The highest BCUT2D eigenvalue weighted by Crippen LogP contribution is 2.29. The largest absolute Gasteiger partial charge is 0.370 e. The van der Waals surface area contributed by atoms with Crippen molar-refractivity contribution in [1.82, 2.24) is 4.90 Å². The van der Waals surface area contributed by atoms with Crippen LogP contribution in [0, 0.1) is 0 Å². The first-order valence-corrected chi connectivity index (χ1v) is 8.02. The van der Waals surface area contributed by atoms with Crippen LogP contribution in [0.25, 0.3) is 0 Å². The molecule has 0 bridgehead atoms. The second-order valence-corrected chi connectivity index (χ2v) is 6.22. The van der Waals surface area contributed by atoms with E-state index in [4.69, 9.17) is 23.2 Å². The molecule has 0 aliphatic carbocycles. The fourth-order valence-electron chi connectivity index (χ4n) is 3.22. The van der Waals surface area contributed by atoms with Crippen LogP contribution in [0.15, 0.2) is 18.2 Å². The van der Waals surface area contributed by atoms with Gasteiger partial charge in [-0.3, -0.25) is 4.90 Å². The lowest BCUT2D eigenvalue weighted by atomic mass is 10.2. The molecule has 19 heavy (non-hydrogen) atoms. The van der Waals surface area contributed by atoms with Crippen molar-refractivity contribution >= 4 is 28.9 Å². The van der Waals surface area contributed by atoms with Gasteiger partial charge in [-0.2, -0.15) is 0 Å². The third-order valence-corrected chi connectivity index (χ3v) is 5.01. The zero-order valence-corrected chi connectivity index (χ0v) is 12.6. The van der Waals surface area contributed by atoms with Gasteiger partial charge in [0.2, 0.25) is 0 Å². The molecule has 1 aromatic rings. The summed E-state index contributed by atoms with van der Waals surface area (Å²) in [6.07, 6.45) is 4.01. The first kappa shape index (κ1) is 13.5. The van der Waals surface area contributed by atoms with Gasteiger partial charge < -0.3 is 4.90 Å². The Morgan fingerprint density at radius 3 is 2.63 bits per heavy atom. The molecule has 0 saturated carbocycles. The molecule has 2 nitrogen and oxygen atoms in total. The lowest BCUT2D eigenvalue weighted by Crippen LogP contribution is -2.35. The molecule has 1 aromatic carbocycles. The SMILES string of the molecule is ClCc1ccc(N2CCC(N3CCCC3)C2)cc1Cl. The zero-order chi connectivity index (χ0) is 13.2. The molecule has 1 atom stereocenters. The Balaban J connectivity index is 1.68. The van der Waals surface area contributed by atoms with Crippen LogP contribution in [-0.4, -0.2) is 37.1 Å². The molecular weight excluding hydrogens is 279 g/mol. The van der Waals surface area contributed by atoms with E-state index in [9.17, 15) is 0 Å². The summed E-state index contributed by atoms with van der Waals surface area (Å²) < 4.78 is 0. The minimum absolute atomic E-state index is 0.482. The van der Waals surface area contributed by atoms with E-state index in [-0.39, 0.29) is 0 Å². The molecule has 2 aliphatic heterocycles. The van der Waals surface area contributed by atoms with Crippen LogP contribution in [0.3, 0.4) is 0 Å². The molecule has 2 fully saturated rings. The van der Waals surface area contributed by atoms with Crippen molar-refractivity contribution in [3.8, 4) is 0 Å².